The fourth-order valence-corrected chi connectivity index (χ4v) is 1.05. The molecular formula is C10H15N3O2. The minimum absolute atomic E-state index is 0.670. The zero-order valence-electron chi connectivity index (χ0n) is 8.78. The number of rotatable bonds is 2. The van der Waals surface area contributed by atoms with Crippen molar-refractivity contribution in [2.45, 2.75) is 19.7 Å². The molecule has 15 heavy (non-hydrogen) atoms. The number of aryl methyl sites for hydroxylation is 1. The highest BCUT2D eigenvalue weighted by Gasteiger charge is 2.17. The van der Waals surface area contributed by atoms with Gasteiger partial charge in [-0.2, -0.15) is 0 Å². The van der Waals surface area contributed by atoms with Crippen molar-refractivity contribution in [1.82, 2.24) is 0 Å². The molecule has 0 spiro atoms. The molecule has 82 valence electrons. The molecule has 0 fully saturated rings. The fraction of sp³-hybridized carbons (Fsp3) is 0.300. The number of carbonyl (C=O) groups excluding carboxylic acids is 1. The van der Waals surface area contributed by atoms with Gasteiger partial charge in [-0.05, 0) is 18.6 Å². The van der Waals surface area contributed by atoms with E-state index >= 15 is 0 Å². The predicted molar refractivity (Wildman–Crippen MR) is 58.1 cm³/mol. The average Bonchev–Trinajstić information content (AvgIpc) is 2.05. The van der Waals surface area contributed by atoms with Gasteiger partial charge in [0.05, 0.1) is 0 Å². The van der Waals surface area contributed by atoms with Gasteiger partial charge in [-0.3, -0.25) is 16.8 Å². The van der Waals surface area contributed by atoms with E-state index in [1.54, 1.807) is 6.07 Å². The molecule has 5 N–H and O–H groups in total. The second-order valence-electron chi connectivity index (χ2n) is 3.51. The largest absolute Gasteiger partial charge is 0.415 e. The first-order valence-corrected chi connectivity index (χ1v) is 4.52. The Labute approximate surface area is 88.4 Å². The molecule has 0 aliphatic heterocycles. The van der Waals surface area contributed by atoms with Crippen LogP contribution in [0.5, 0.6) is 0 Å². The van der Waals surface area contributed by atoms with Crippen LogP contribution in [0.15, 0.2) is 24.3 Å². The summed E-state index contributed by atoms with van der Waals surface area (Å²) in [7, 11) is 0. The molecule has 0 aromatic heterocycles. The Morgan fingerprint density at radius 2 is 2.00 bits per heavy atom. The molecule has 0 aliphatic rings. The fourth-order valence-electron chi connectivity index (χ4n) is 1.05. The van der Waals surface area contributed by atoms with Gasteiger partial charge in [0.1, 0.15) is 0 Å². The van der Waals surface area contributed by atoms with Crippen molar-refractivity contribution < 1.29 is 9.53 Å². The van der Waals surface area contributed by atoms with Crippen molar-refractivity contribution in [3.05, 3.63) is 29.8 Å². The van der Waals surface area contributed by atoms with Gasteiger partial charge in [0.2, 0.25) is 5.85 Å². The topological polar surface area (TPSA) is 90.4 Å². The average molecular weight is 209 g/mol. The molecule has 1 aromatic rings. The van der Waals surface area contributed by atoms with Crippen LogP contribution in [0.2, 0.25) is 0 Å². The van der Waals surface area contributed by atoms with Crippen LogP contribution in [-0.2, 0) is 4.74 Å². The number of ether oxygens (including phenoxy) is 1. The van der Waals surface area contributed by atoms with Crippen LogP contribution in [0.4, 0.5) is 10.5 Å². The van der Waals surface area contributed by atoms with Crippen molar-refractivity contribution >= 4 is 11.8 Å². The molecule has 5 nitrogen and oxygen atoms in total. The van der Waals surface area contributed by atoms with Crippen LogP contribution in [0.3, 0.4) is 0 Å². The summed E-state index contributed by atoms with van der Waals surface area (Å²) in [6.07, 6.45) is -0.670. The number of nitrogens with two attached hydrogens (primary N) is 2. The summed E-state index contributed by atoms with van der Waals surface area (Å²) in [4.78, 5) is 11.3. The standard InChI is InChI=1S/C10H15N3O2/c1-7-5-3-4-6-8(7)13-9(14)15-10(2,11)12/h3-6H,11-12H2,1-2H3,(H,13,14). The maximum atomic E-state index is 11.3. The van der Waals surface area contributed by atoms with Gasteiger partial charge >= 0.3 is 6.09 Å². The molecule has 1 rings (SSSR count). The first kappa shape index (κ1) is 11.5. The Balaban J connectivity index is 2.64. The summed E-state index contributed by atoms with van der Waals surface area (Å²) in [5.41, 5.74) is 12.3. The van der Waals surface area contributed by atoms with Crippen molar-refractivity contribution in [3.63, 3.8) is 0 Å². The molecule has 0 heterocycles. The third-order valence-electron chi connectivity index (χ3n) is 1.69. The highest BCUT2D eigenvalue weighted by molar-refractivity contribution is 5.85. The van der Waals surface area contributed by atoms with E-state index in [0.29, 0.717) is 5.69 Å². The zero-order valence-corrected chi connectivity index (χ0v) is 8.78. The number of hydrogen-bond acceptors (Lipinski definition) is 4. The minimum Gasteiger partial charge on any atom is -0.415 e. The molecule has 0 bridgehead atoms. The third kappa shape index (κ3) is 3.97. The van der Waals surface area contributed by atoms with Crippen LogP contribution in [-0.4, -0.2) is 11.9 Å². The van der Waals surface area contributed by atoms with Crippen LogP contribution in [0, 0.1) is 6.92 Å². The van der Waals surface area contributed by atoms with E-state index in [0.717, 1.165) is 5.56 Å². The van der Waals surface area contributed by atoms with Gasteiger partial charge in [-0.25, -0.2) is 4.79 Å². The summed E-state index contributed by atoms with van der Waals surface area (Å²) in [6.45, 7) is 3.27. The Morgan fingerprint density at radius 3 is 2.53 bits per heavy atom. The summed E-state index contributed by atoms with van der Waals surface area (Å²) in [6, 6.07) is 7.33. The quantitative estimate of drug-likeness (QED) is 0.637. The molecule has 0 radical (unpaired) electrons. The summed E-state index contributed by atoms with van der Waals surface area (Å²) >= 11 is 0. The van der Waals surface area contributed by atoms with Gasteiger partial charge in [0.25, 0.3) is 0 Å². The lowest BCUT2D eigenvalue weighted by Crippen LogP contribution is -2.50. The van der Waals surface area contributed by atoms with E-state index in [4.69, 9.17) is 16.2 Å². The van der Waals surface area contributed by atoms with Crippen molar-refractivity contribution in [2.24, 2.45) is 11.5 Å². The second-order valence-corrected chi connectivity index (χ2v) is 3.51. The zero-order chi connectivity index (χ0) is 11.5. The van der Waals surface area contributed by atoms with Crippen LogP contribution < -0.4 is 16.8 Å². The van der Waals surface area contributed by atoms with Crippen molar-refractivity contribution in [2.75, 3.05) is 5.32 Å². The highest BCUT2D eigenvalue weighted by Crippen LogP contribution is 2.13. The monoisotopic (exact) mass is 209 g/mol. The predicted octanol–water partition coefficient (Wildman–Crippen LogP) is 1.13. The van der Waals surface area contributed by atoms with E-state index in [1.807, 2.05) is 25.1 Å². The first-order valence-electron chi connectivity index (χ1n) is 4.52. The number of hydrogen-bond donors (Lipinski definition) is 3. The maximum absolute atomic E-state index is 11.3. The van der Waals surface area contributed by atoms with Crippen molar-refractivity contribution in [1.29, 1.82) is 0 Å². The van der Waals surface area contributed by atoms with E-state index in [2.05, 4.69) is 5.32 Å². The number of benzene rings is 1. The number of amides is 1. The number of anilines is 1. The summed E-state index contributed by atoms with van der Waals surface area (Å²) in [5, 5.41) is 2.55. The van der Waals surface area contributed by atoms with Crippen LogP contribution in [0.25, 0.3) is 0 Å². The van der Waals surface area contributed by atoms with Gasteiger partial charge in [-0.15, -0.1) is 0 Å². The minimum atomic E-state index is -1.47. The lowest BCUT2D eigenvalue weighted by molar-refractivity contribution is 0.0446. The molecule has 0 saturated heterocycles. The number of nitrogens with one attached hydrogen (secondary N) is 1. The maximum Gasteiger partial charge on any atom is 0.414 e. The van der Waals surface area contributed by atoms with Crippen molar-refractivity contribution in [3.8, 4) is 0 Å². The first-order chi connectivity index (χ1) is 6.88. The van der Waals surface area contributed by atoms with E-state index in [-0.39, 0.29) is 0 Å². The molecule has 5 heteroatoms. The van der Waals surface area contributed by atoms with E-state index in [1.165, 1.54) is 6.92 Å². The van der Waals surface area contributed by atoms with Gasteiger partial charge in [-0.1, -0.05) is 18.2 Å². The molecular weight excluding hydrogens is 194 g/mol. The van der Waals surface area contributed by atoms with Gasteiger partial charge < -0.3 is 4.74 Å². The number of para-hydroxylation sites is 1. The summed E-state index contributed by atoms with van der Waals surface area (Å²) < 4.78 is 4.70. The summed E-state index contributed by atoms with van der Waals surface area (Å²) in [5.74, 6) is -1.47. The molecule has 0 aliphatic carbocycles. The van der Waals surface area contributed by atoms with E-state index < -0.39 is 11.9 Å². The second kappa shape index (κ2) is 4.29. The van der Waals surface area contributed by atoms with Gasteiger partial charge in [0.15, 0.2) is 0 Å². The molecule has 0 unspecified atom stereocenters. The normalized spacial score (nSPS) is 10.9. The molecule has 1 aromatic carbocycles. The lowest BCUT2D eigenvalue weighted by Gasteiger charge is -2.19. The Kier molecular flexibility index (Phi) is 3.28. The third-order valence-corrected chi connectivity index (χ3v) is 1.69. The van der Waals surface area contributed by atoms with Crippen LogP contribution >= 0.6 is 0 Å². The SMILES string of the molecule is Cc1ccccc1NC(=O)OC(C)(N)N. The van der Waals surface area contributed by atoms with Gasteiger partial charge in [0, 0.05) is 12.6 Å². The smallest absolute Gasteiger partial charge is 0.414 e. The Hall–Kier alpha value is -1.59. The molecule has 0 saturated carbocycles. The molecule has 0 atom stereocenters. The number of carbonyl (C=O) groups is 1. The highest BCUT2D eigenvalue weighted by atomic mass is 16.6. The lowest BCUT2D eigenvalue weighted by atomic mass is 10.2. The Morgan fingerprint density at radius 1 is 1.40 bits per heavy atom. The van der Waals surface area contributed by atoms with Crippen LogP contribution in [0.1, 0.15) is 12.5 Å². The van der Waals surface area contributed by atoms with E-state index in [9.17, 15) is 4.79 Å². The Bertz CT molecular complexity index is 358. The molecule has 1 amide bonds.